The van der Waals surface area contributed by atoms with E-state index in [9.17, 15) is 10.1 Å². The van der Waals surface area contributed by atoms with E-state index >= 15 is 0 Å². The van der Waals surface area contributed by atoms with Crippen molar-refractivity contribution >= 4 is 29.2 Å². The zero-order valence-corrected chi connectivity index (χ0v) is 22.4. The lowest BCUT2D eigenvalue weighted by molar-refractivity contribution is 0.0734. The number of allylic oxidation sites excluding steroid dienone is 1. The van der Waals surface area contributed by atoms with Gasteiger partial charge in [0.15, 0.2) is 5.75 Å². The summed E-state index contributed by atoms with van der Waals surface area (Å²) in [5.41, 5.74) is 8.07. The molecular formula is C29H26Cl2N2O5. The minimum atomic E-state index is -0.667. The lowest BCUT2D eigenvalue weighted by atomic mass is 9.83. The molecule has 38 heavy (non-hydrogen) atoms. The number of fused-ring (bicyclic) bond motifs is 1. The number of carbonyl (C=O) groups is 1. The van der Waals surface area contributed by atoms with Crippen molar-refractivity contribution in [2.45, 2.75) is 32.6 Å². The van der Waals surface area contributed by atoms with E-state index in [1.54, 1.807) is 25.1 Å². The van der Waals surface area contributed by atoms with Gasteiger partial charge in [0.2, 0.25) is 5.88 Å². The standard InChI is InChI=1S/C29H26Cl2N2O5/c1-3-5-12-36-24-9-7-6-8-19(24)26-20-11-10-18(15-25(20)38-28(33)21(26)16-32)37-29(34)17-13-22(30)27(35-4-2)23(31)14-17/h6-11,13-15,26H,3-5,12,33H2,1-2H3. The van der Waals surface area contributed by atoms with Gasteiger partial charge in [0.1, 0.15) is 28.9 Å². The van der Waals surface area contributed by atoms with Gasteiger partial charge in [-0.3, -0.25) is 0 Å². The highest BCUT2D eigenvalue weighted by atomic mass is 35.5. The van der Waals surface area contributed by atoms with Gasteiger partial charge >= 0.3 is 5.97 Å². The van der Waals surface area contributed by atoms with Crippen LogP contribution in [0.1, 0.15) is 54.1 Å². The molecule has 1 aliphatic rings. The molecule has 0 spiro atoms. The van der Waals surface area contributed by atoms with Crippen LogP contribution in [0.25, 0.3) is 0 Å². The number of carbonyl (C=O) groups excluding carboxylic acids is 1. The zero-order chi connectivity index (χ0) is 27.2. The summed E-state index contributed by atoms with van der Waals surface area (Å²) < 4.78 is 22.8. The Balaban J connectivity index is 1.66. The Morgan fingerprint density at radius 2 is 1.79 bits per heavy atom. The van der Waals surface area contributed by atoms with E-state index in [0.29, 0.717) is 36.0 Å². The molecule has 0 fully saturated rings. The number of esters is 1. The summed E-state index contributed by atoms with van der Waals surface area (Å²) in [7, 11) is 0. The number of halogens is 2. The number of unbranched alkanes of at least 4 members (excludes halogenated alkanes) is 1. The van der Waals surface area contributed by atoms with Crippen molar-refractivity contribution in [1.82, 2.24) is 0 Å². The largest absolute Gasteiger partial charge is 0.493 e. The summed E-state index contributed by atoms with van der Waals surface area (Å²) in [4.78, 5) is 12.9. The number of benzene rings is 3. The van der Waals surface area contributed by atoms with Crippen LogP contribution in [-0.4, -0.2) is 19.2 Å². The second kappa shape index (κ2) is 12.1. The Kier molecular flexibility index (Phi) is 8.67. The fraction of sp³-hybridized carbons (Fsp3) is 0.241. The summed E-state index contributed by atoms with van der Waals surface area (Å²) >= 11 is 12.5. The average Bonchev–Trinajstić information content (AvgIpc) is 2.90. The van der Waals surface area contributed by atoms with Crippen LogP contribution >= 0.6 is 23.2 Å². The van der Waals surface area contributed by atoms with Crippen molar-refractivity contribution in [1.29, 1.82) is 5.26 Å². The summed E-state index contributed by atoms with van der Waals surface area (Å²) in [6.45, 7) is 4.82. The highest BCUT2D eigenvalue weighted by Gasteiger charge is 2.33. The topological polar surface area (TPSA) is 104 Å². The van der Waals surface area contributed by atoms with E-state index in [0.717, 1.165) is 18.4 Å². The highest BCUT2D eigenvalue weighted by molar-refractivity contribution is 6.37. The molecule has 0 bridgehead atoms. The van der Waals surface area contributed by atoms with Crippen LogP contribution in [0.2, 0.25) is 10.0 Å². The molecule has 3 aromatic carbocycles. The number of nitrogens with zero attached hydrogens (tertiary/aromatic N) is 1. The number of nitrogens with two attached hydrogens (primary N) is 1. The molecule has 1 unspecified atom stereocenters. The maximum Gasteiger partial charge on any atom is 0.343 e. The molecule has 0 aromatic heterocycles. The van der Waals surface area contributed by atoms with Crippen LogP contribution in [0.4, 0.5) is 0 Å². The number of hydrogen-bond acceptors (Lipinski definition) is 7. The Hall–Kier alpha value is -3.86. The van der Waals surface area contributed by atoms with E-state index in [1.165, 1.54) is 12.1 Å². The van der Waals surface area contributed by atoms with Crippen LogP contribution in [-0.2, 0) is 0 Å². The molecule has 0 saturated carbocycles. The SMILES string of the molecule is CCCCOc1ccccc1C1C(C#N)=C(N)Oc2cc(OC(=O)c3cc(Cl)c(OCC)c(Cl)c3)ccc21. The Labute approximate surface area is 231 Å². The normalized spacial score (nSPS) is 14.2. The second-order valence-corrected chi connectivity index (χ2v) is 9.27. The minimum Gasteiger partial charge on any atom is -0.493 e. The van der Waals surface area contributed by atoms with Crippen LogP contribution in [0.5, 0.6) is 23.0 Å². The van der Waals surface area contributed by atoms with E-state index in [1.807, 2.05) is 24.3 Å². The molecule has 0 saturated heterocycles. The summed E-state index contributed by atoms with van der Waals surface area (Å²) in [6, 6.07) is 17.5. The lowest BCUT2D eigenvalue weighted by Gasteiger charge is -2.28. The summed E-state index contributed by atoms with van der Waals surface area (Å²) in [5, 5.41) is 10.3. The summed E-state index contributed by atoms with van der Waals surface area (Å²) in [6.07, 6.45) is 1.90. The van der Waals surface area contributed by atoms with Gasteiger partial charge < -0.3 is 24.7 Å². The predicted octanol–water partition coefficient (Wildman–Crippen LogP) is 7.01. The first-order valence-corrected chi connectivity index (χ1v) is 12.9. The molecule has 4 rings (SSSR count). The molecule has 1 aliphatic heterocycles. The molecule has 0 radical (unpaired) electrons. The molecule has 9 heteroatoms. The Bertz CT molecular complexity index is 1410. The lowest BCUT2D eigenvalue weighted by Crippen LogP contribution is -2.21. The fourth-order valence-corrected chi connectivity index (χ4v) is 4.72. The third-order valence-electron chi connectivity index (χ3n) is 5.91. The van der Waals surface area contributed by atoms with Crippen molar-refractivity contribution in [3.63, 3.8) is 0 Å². The van der Waals surface area contributed by atoms with Gasteiger partial charge in [0, 0.05) is 17.2 Å². The predicted molar refractivity (Wildman–Crippen MR) is 145 cm³/mol. The van der Waals surface area contributed by atoms with Crippen LogP contribution in [0.3, 0.4) is 0 Å². The highest BCUT2D eigenvalue weighted by Crippen LogP contribution is 2.46. The van der Waals surface area contributed by atoms with Gasteiger partial charge in [-0.15, -0.1) is 0 Å². The van der Waals surface area contributed by atoms with E-state index in [2.05, 4.69) is 13.0 Å². The number of rotatable bonds is 9. The minimum absolute atomic E-state index is 0.0260. The average molecular weight is 553 g/mol. The number of ether oxygens (including phenoxy) is 4. The molecule has 1 heterocycles. The third kappa shape index (κ3) is 5.67. The third-order valence-corrected chi connectivity index (χ3v) is 6.47. The van der Waals surface area contributed by atoms with Crippen LogP contribution in [0, 0.1) is 11.3 Å². The van der Waals surface area contributed by atoms with E-state index in [4.69, 9.17) is 47.9 Å². The smallest absolute Gasteiger partial charge is 0.343 e. The second-order valence-electron chi connectivity index (χ2n) is 8.46. The van der Waals surface area contributed by atoms with E-state index < -0.39 is 11.9 Å². The molecular weight excluding hydrogens is 527 g/mol. The van der Waals surface area contributed by atoms with Gasteiger partial charge in [0.25, 0.3) is 0 Å². The molecule has 1 atom stereocenters. The maximum atomic E-state index is 12.9. The molecule has 7 nitrogen and oxygen atoms in total. The first-order chi connectivity index (χ1) is 18.4. The fourth-order valence-electron chi connectivity index (χ4n) is 4.12. The Morgan fingerprint density at radius 3 is 2.47 bits per heavy atom. The quantitative estimate of drug-likeness (QED) is 0.173. The van der Waals surface area contributed by atoms with Crippen LogP contribution < -0.4 is 24.7 Å². The number of nitriles is 1. The molecule has 0 aliphatic carbocycles. The van der Waals surface area contributed by atoms with Crippen molar-refractivity contribution in [2.24, 2.45) is 5.73 Å². The van der Waals surface area contributed by atoms with Crippen molar-refractivity contribution in [2.75, 3.05) is 13.2 Å². The zero-order valence-electron chi connectivity index (χ0n) is 20.9. The maximum absolute atomic E-state index is 12.9. The van der Waals surface area contributed by atoms with Crippen molar-refractivity contribution in [3.05, 3.63) is 92.8 Å². The first-order valence-electron chi connectivity index (χ1n) is 12.1. The number of hydrogen-bond donors (Lipinski definition) is 1. The Morgan fingerprint density at radius 1 is 1.05 bits per heavy atom. The van der Waals surface area contributed by atoms with Gasteiger partial charge in [-0.25, -0.2) is 4.79 Å². The van der Waals surface area contributed by atoms with Gasteiger partial charge in [0.05, 0.1) is 34.7 Å². The van der Waals surface area contributed by atoms with Gasteiger partial charge in [-0.2, -0.15) is 5.26 Å². The summed E-state index contributed by atoms with van der Waals surface area (Å²) in [5.74, 6) is 0.337. The van der Waals surface area contributed by atoms with Crippen molar-refractivity contribution in [3.8, 4) is 29.1 Å². The molecule has 196 valence electrons. The molecule has 3 aromatic rings. The monoisotopic (exact) mass is 552 g/mol. The van der Waals surface area contributed by atoms with E-state index in [-0.39, 0.29) is 32.8 Å². The van der Waals surface area contributed by atoms with Gasteiger partial charge in [-0.1, -0.05) is 60.8 Å². The molecule has 0 amide bonds. The first kappa shape index (κ1) is 27.2. The van der Waals surface area contributed by atoms with Crippen LogP contribution in [0.15, 0.2) is 66.1 Å². The number of para-hydroxylation sites is 1. The van der Waals surface area contributed by atoms with Crippen molar-refractivity contribution < 1.29 is 23.7 Å². The molecule has 2 N–H and O–H groups in total. The van der Waals surface area contributed by atoms with Gasteiger partial charge in [-0.05, 0) is 37.6 Å².